The third kappa shape index (κ3) is 1.37. The van der Waals surface area contributed by atoms with E-state index in [2.05, 4.69) is 5.32 Å². The second-order valence-electron chi connectivity index (χ2n) is 4.00. The van der Waals surface area contributed by atoms with Gasteiger partial charge in [0, 0.05) is 18.6 Å². The van der Waals surface area contributed by atoms with Crippen LogP contribution in [0, 0.1) is 5.41 Å². The topological polar surface area (TPSA) is 41.5 Å². The van der Waals surface area contributed by atoms with E-state index in [1.165, 1.54) is 0 Å². The summed E-state index contributed by atoms with van der Waals surface area (Å²) in [7, 11) is 0. The number of piperidine rings is 1. The van der Waals surface area contributed by atoms with E-state index in [0.29, 0.717) is 0 Å². The molecule has 0 aliphatic carbocycles. The summed E-state index contributed by atoms with van der Waals surface area (Å²) in [6.07, 6.45) is 2.93. The Bertz CT molecular complexity index is 146. The molecule has 0 aromatic carbocycles. The van der Waals surface area contributed by atoms with Gasteiger partial charge in [0.05, 0.1) is 12.7 Å². The third-order valence-electron chi connectivity index (χ3n) is 3.13. The molecule has 0 bridgehead atoms. The Kier molecular flexibility index (Phi) is 2.35. The quantitative estimate of drug-likeness (QED) is 0.544. The Balaban J connectivity index is 2.04. The minimum atomic E-state index is -0.154. The number of rotatable bonds is 0. The largest absolute Gasteiger partial charge is 0.392 e. The number of hydrogen-bond acceptors (Lipinski definition) is 3. The number of ether oxygens (including phenoxy) is 1. The van der Waals surface area contributed by atoms with Gasteiger partial charge in [0.25, 0.3) is 0 Å². The molecule has 3 heteroatoms. The molecule has 2 aliphatic rings. The van der Waals surface area contributed by atoms with E-state index in [-0.39, 0.29) is 11.5 Å². The van der Waals surface area contributed by atoms with Crippen LogP contribution in [0.15, 0.2) is 0 Å². The monoisotopic (exact) mass is 171 g/mol. The molecule has 70 valence electrons. The summed E-state index contributed by atoms with van der Waals surface area (Å²) in [6.45, 7) is 3.48. The average molecular weight is 171 g/mol. The van der Waals surface area contributed by atoms with Gasteiger partial charge in [-0.1, -0.05) is 0 Å². The molecule has 0 aromatic rings. The Morgan fingerprint density at radius 2 is 2.42 bits per heavy atom. The molecule has 2 unspecified atom stereocenters. The van der Waals surface area contributed by atoms with Crippen LogP contribution in [-0.4, -0.2) is 37.5 Å². The van der Waals surface area contributed by atoms with E-state index in [1.807, 2.05) is 0 Å². The molecule has 2 N–H and O–H groups in total. The highest BCUT2D eigenvalue weighted by atomic mass is 16.5. The van der Waals surface area contributed by atoms with E-state index in [1.54, 1.807) is 0 Å². The maximum absolute atomic E-state index is 9.86. The number of nitrogens with one attached hydrogen (secondary N) is 1. The summed E-state index contributed by atoms with van der Waals surface area (Å²) in [5.74, 6) is 0. The van der Waals surface area contributed by atoms with Crippen molar-refractivity contribution in [3.05, 3.63) is 0 Å². The fourth-order valence-corrected chi connectivity index (χ4v) is 2.28. The van der Waals surface area contributed by atoms with Crippen molar-refractivity contribution in [3.8, 4) is 0 Å². The fraction of sp³-hybridized carbons (Fsp3) is 1.00. The van der Waals surface area contributed by atoms with Crippen LogP contribution in [0.25, 0.3) is 0 Å². The summed E-state index contributed by atoms with van der Waals surface area (Å²) in [4.78, 5) is 0. The molecule has 0 aromatic heterocycles. The highest BCUT2D eigenvalue weighted by molar-refractivity contribution is 4.93. The van der Waals surface area contributed by atoms with Crippen LogP contribution < -0.4 is 5.32 Å². The number of hydrogen-bond donors (Lipinski definition) is 2. The molecular formula is C9H17NO2. The molecule has 0 amide bonds. The van der Waals surface area contributed by atoms with E-state index in [0.717, 1.165) is 45.6 Å². The van der Waals surface area contributed by atoms with Gasteiger partial charge in [-0.3, -0.25) is 0 Å². The maximum atomic E-state index is 9.86. The first-order chi connectivity index (χ1) is 5.83. The van der Waals surface area contributed by atoms with Crippen LogP contribution >= 0.6 is 0 Å². The predicted molar refractivity (Wildman–Crippen MR) is 46.0 cm³/mol. The second kappa shape index (κ2) is 3.32. The van der Waals surface area contributed by atoms with Gasteiger partial charge in [0.2, 0.25) is 0 Å². The molecule has 2 fully saturated rings. The van der Waals surface area contributed by atoms with E-state index >= 15 is 0 Å². The lowest BCUT2D eigenvalue weighted by atomic mass is 9.74. The predicted octanol–water partition coefficient (Wildman–Crippen LogP) is 0.137. The zero-order chi connectivity index (χ0) is 8.44. The summed E-state index contributed by atoms with van der Waals surface area (Å²) in [5.41, 5.74) is 0.0382. The summed E-state index contributed by atoms with van der Waals surface area (Å²) < 4.78 is 5.43. The summed E-state index contributed by atoms with van der Waals surface area (Å²) >= 11 is 0. The van der Waals surface area contributed by atoms with E-state index < -0.39 is 0 Å². The Morgan fingerprint density at radius 3 is 3.08 bits per heavy atom. The zero-order valence-corrected chi connectivity index (χ0v) is 7.38. The molecule has 12 heavy (non-hydrogen) atoms. The first kappa shape index (κ1) is 8.48. The van der Waals surface area contributed by atoms with Crippen molar-refractivity contribution >= 4 is 0 Å². The molecule has 2 rings (SSSR count). The lowest BCUT2D eigenvalue weighted by Crippen LogP contribution is -2.54. The van der Waals surface area contributed by atoms with Crippen LogP contribution in [-0.2, 0) is 4.74 Å². The minimum absolute atomic E-state index is 0.0382. The first-order valence-corrected chi connectivity index (χ1v) is 4.80. The SMILES string of the molecule is OC1CCNCC12CCCOC2. The number of aliphatic hydroxyl groups excluding tert-OH is 1. The zero-order valence-electron chi connectivity index (χ0n) is 7.38. The summed E-state index contributed by atoms with van der Waals surface area (Å²) in [6, 6.07) is 0. The minimum Gasteiger partial charge on any atom is -0.392 e. The standard InChI is InChI=1S/C9H17NO2/c11-8-2-4-10-6-9(8)3-1-5-12-7-9/h8,10-11H,1-7H2. The Hall–Kier alpha value is -0.120. The lowest BCUT2D eigenvalue weighted by molar-refractivity contribution is -0.0934. The van der Waals surface area contributed by atoms with Crippen molar-refractivity contribution in [2.24, 2.45) is 5.41 Å². The molecule has 2 aliphatic heterocycles. The molecule has 2 heterocycles. The van der Waals surface area contributed by atoms with Gasteiger partial charge < -0.3 is 15.2 Å². The van der Waals surface area contributed by atoms with Gasteiger partial charge in [-0.25, -0.2) is 0 Å². The summed E-state index contributed by atoms with van der Waals surface area (Å²) in [5, 5.41) is 13.2. The maximum Gasteiger partial charge on any atom is 0.0642 e. The van der Waals surface area contributed by atoms with Crippen LogP contribution in [0.4, 0.5) is 0 Å². The molecule has 3 nitrogen and oxygen atoms in total. The fourth-order valence-electron chi connectivity index (χ4n) is 2.28. The van der Waals surface area contributed by atoms with Crippen LogP contribution in [0.1, 0.15) is 19.3 Å². The molecule has 0 saturated carbocycles. The molecule has 0 radical (unpaired) electrons. The Morgan fingerprint density at radius 1 is 1.50 bits per heavy atom. The first-order valence-electron chi connectivity index (χ1n) is 4.80. The smallest absolute Gasteiger partial charge is 0.0642 e. The Labute approximate surface area is 73.1 Å². The van der Waals surface area contributed by atoms with Crippen LogP contribution in [0.3, 0.4) is 0 Å². The molecular weight excluding hydrogens is 154 g/mol. The van der Waals surface area contributed by atoms with Gasteiger partial charge >= 0.3 is 0 Å². The molecule has 1 spiro atoms. The number of aliphatic hydroxyl groups is 1. The highest BCUT2D eigenvalue weighted by Gasteiger charge is 2.41. The third-order valence-corrected chi connectivity index (χ3v) is 3.13. The second-order valence-corrected chi connectivity index (χ2v) is 4.00. The van der Waals surface area contributed by atoms with Crippen molar-refractivity contribution in [1.82, 2.24) is 5.32 Å². The lowest BCUT2D eigenvalue weighted by Gasteiger charge is -2.44. The van der Waals surface area contributed by atoms with Crippen molar-refractivity contribution in [2.45, 2.75) is 25.4 Å². The van der Waals surface area contributed by atoms with Gasteiger partial charge in [-0.05, 0) is 25.8 Å². The highest BCUT2D eigenvalue weighted by Crippen LogP contribution is 2.34. The van der Waals surface area contributed by atoms with Gasteiger partial charge in [-0.15, -0.1) is 0 Å². The van der Waals surface area contributed by atoms with Crippen molar-refractivity contribution in [3.63, 3.8) is 0 Å². The van der Waals surface area contributed by atoms with Gasteiger partial charge in [0.1, 0.15) is 0 Å². The normalized spacial score (nSPS) is 43.2. The van der Waals surface area contributed by atoms with Gasteiger partial charge in [-0.2, -0.15) is 0 Å². The average Bonchev–Trinajstić information content (AvgIpc) is 2.12. The van der Waals surface area contributed by atoms with E-state index in [9.17, 15) is 5.11 Å². The van der Waals surface area contributed by atoms with Crippen LogP contribution in [0.2, 0.25) is 0 Å². The molecule has 2 saturated heterocycles. The van der Waals surface area contributed by atoms with Gasteiger partial charge in [0.15, 0.2) is 0 Å². The van der Waals surface area contributed by atoms with Crippen molar-refractivity contribution in [1.29, 1.82) is 0 Å². The van der Waals surface area contributed by atoms with Crippen molar-refractivity contribution < 1.29 is 9.84 Å². The van der Waals surface area contributed by atoms with Crippen LogP contribution in [0.5, 0.6) is 0 Å². The van der Waals surface area contributed by atoms with Crippen molar-refractivity contribution in [2.75, 3.05) is 26.3 Å². The molecule has 2 atom stereocenters. The van der Waals surface area contributed by atoms with E-state index in [4.69, 9.17) is 4.74 Å².